The van der Waals surface area contributed by atoms with Crippen molar-refractivity contribution in [3.8, 4) is 0 Å². The number of urea groups is 2. The van der Waals surface area contributed by atoms with Gasteiger partial charge in [-0.15, -0.1) is 11.6 Å². The molecule has 27 heteroatoms. The van der Waals surface area contributed by atoms with Crippen LogP contribution in [-0.2, 0) is 23.8 Å². The summed E-state index contributed by atoms with van der Waals surface area (Å²) >= 11 is 17.6. The number of hydrogen-bond acceptors (Lipinski definition) is 13. The molecule has 0 saturated carbocycles. The number of nitrogens with one attached hydrogen (secondary N) is 3. The first-order valence-electron chi connectivity index (χ1n) is 17.3. The van der Waals surface area contributed by atoms with Crippen LogP contribution in [0.5, 0.6) is 0 Å². The number of carbonyl (C=O) groups is 4. The average Bonchev–Trinajstić information content (AvgIpc) is 3.86. The number of imide groups is 2. The Morgan fingerprint density at radius 1 is 0.759 bits per heavy atom. The number of halogens is 8. The molecule has 6 rings (SSSR count). The van der Waals surface area contributed by atoms with Crippen LogP contribution in [0.3, 0.4) is 0 Å². The molecule has 0 aromatic carbocycles. The highest BCUT2D eigenvalue weighted by molar-refractivity contribution is 6.85. The summed E-state index contributed by atoms with van der Waals surface area (Å²) in [4.78, 5) is 72.9. The number of aliphatic hydroxyl groups is 4. The van der Waals surface area contributed by atoms with E-state index in [1.54, 1.807) is 13.8 Å². The van der Waals surface area contributed by atoms with Gasteiger partial charge in [0.05, 0.1) is 31.9 Å². The van der Waals surface area contributed by atoms with Crippen molar-refractivity contribution < 1.29 is 67.0 Å². The van der Waals surface area contributed by atoms with E-state index in [1.165, 1.54) is 18.0 Å². The number of carbonyl (C=O) groups excluding carboxylic acids is 4. The third-order valence-electron chi connectivity index (χ3n) is 9.09. The Bertz CT molecular complexity index is 1660. The number of rotatable bonds is 6. The molecule has 5 aliphatic rings. The van der Waals surface area contributed by atoms with Crippen molar-refractivity contribution in [1.29, 1.82) is 0 Å². The normalized spacial score (nSPS) is 33.9. The molecule has 5 fully saturated rings. The predicted molar refractivity (Wildman–Crippen MR) is 201 cm³/mol. The van der Waals surface area contributed by atoms with E-state index in [0.29, 0.717) is 0 Å². The van der Waals surface area contributed by atoms with Crippen LogP contribution in [0.2, 0.25) is 0 Å². The largest absolute Gasteiger partial charge is 0.397 e. The third-order valence-corrected chi connectivity index (χ3v) is 10.6. The molecule has 12 atom stereocenters. The molecule has 19 nitrogen and oxygen atoms in total. The minimum atomic E-state index is -1.83. The summed E-state index contributed by atoms with van der Waals surface area (Å²) in [6, 6.07) is -1.72. The second kappa shape index (κ2) is 23.5. The van der Waals surface area contributed by atoms with Gasteiger partial charge in [0.2, 0.25) is 10.2 Å². The summed E-state index contributed by atoms with van der Waals surface area (Å²) in [6.07, 6.45) is -8.34. The van der Waals surface area contributed by atoms with E-state index in [9.17, 15) is 41.9 Å². The molecule has 5 aliphatic heterocycles. The third kappa shape index (κ3) is 12.5. The zero-order valence-electron chi connectivity index (χ0n) is 30.9. The van der Waals surface area contributed by atoms with E-state index in [0.717, 1.165) is 15.5 Å². The zero-order valence-corrected chi connectivity index (χ0v) is 34.6. The monoisotopic (exact) mass is 940 g/mol. The number of H-pyrrole nitrogens is 1. The van der Waals surface area contributed by atoms with Crippen LogP contribution in [0.4, 0.5) is 22.8 Å². The minimum Gasteiger partial charge on any atom is -0.397 e. The smallest absolute Gasteiger partial charge is 0.330 e. The van der Waals surface area contributed by atoms with Gasteiger partial charge in [0, 0.05) is 59.8 Å². The first-order valence-corrected chi connectivity index (χ1v) is 19.7. The Balaban J connectivity index is 0.000000285. The maximum atomic E-state index is 13.5. The van der Waals surface area contributed by atoms with Crippen molar-refractivity contribution in [1.82, 2.24) is 30.0 Å². The van der Waals surface area contributed by atoms with Crippen LogP contribution in [0.25, 0.3) is 0 Å². The van der Waals surface area contributed by atoms with Crippen molar-refractivity contribution >= 4 is 80.4 Å². The Hall–Kier alpha value is -2.48. The van der Waals surface area contributed by atoms with Gasteiger partial charge in [-0.05, 0) is 20.8 Å². The number of nitrogens with zero attached hydrogens (tertiary/aromatic N) is 3. The van der Waals surface area contributed by atoms with Crippen LogP contribution < -0.4 is 21.9 Å². The molecule has 6 amide bonds. The highest BCUT2D eigenvalue weighted by Gasteiger charge is 2.54. The number of amides is 6. The van der Waals surface area contributed by atoms with Gasteiger partial charge >= 0.3 is 17.8 Å². The highest BCUT2D eigenvalue weighted by atomic mass is 36.5. The SMILES string of the molecule is CC1C(Cl)C(=O)NC(=O)N1C1CC(F)C(CO)O1.CC1N(C2CC(F)C(CO)O2)C(=O)NC(=O)C1(Cl)Cl.CCO.ClCl.O=c1ccn(C2CC(F)C(CO)O2)c(=O)[nH]1. The molecule has 1 aromatic rings. The minimum absolute atomic E-state index is 0.0167. The summed E-state index contributed by atoms with van der Waals surface area (Å²) in [6.45, 7) is 3.62. The van der Waals surface area contributed by atoms with Gasteiger partial charge in [0.25, 0.3) is 11.5 Å². The van der Waals surface area contributed by atoms with E-state index in [1.807, 2.05) is 5.32 Å². The maximum absolute atomic E-state index is 13.5. The van der Waals surface area contributed by atoms with E-state index in [4.69, 9.17) is 69.4 Å². The summed E-state index contributed by atoms with van der Waals surface area (Å²) in [7, 11) is 8.22. The number of aliphatic hydroxyl groups excluding tert-OH is 4. The molecule has 332 valence electrons. The van der Waals surface area contributed by atoms with E-state index < -0.39 is 132 Å². The van der Waals surface area contributed by atoms with Crippen molar-refractivity contribution in [2.75, 3.05) is 26.4 Å². The molecule has 0 radical (unpaired) electrons. The first-order chi connectivity index (χ1) is 27.3. The topological polar surface area (TPSA) is 262 Å². The van der Waals surface area contributed by atoms with E-state index in [2.05, 4.69) is 32.0 Å². The molecule has 0 aliphatic carbocycles. The fraction of sp³-hybridized carbons (Fsp3) is 0.742. The van der Waals surface area contributed by atoms with E-state index in [-0.39, 0.29) is 25.9 Å². The molecule has 6 heterocycles. The molecule has 0 spiro atoms. The lowest BCUT2D eigenvalue weighted by Gasteiger charge is -2.42. The summed E-state index contributed by atoms with van der Waals surface area (Å²) in [5.41, 5.74) is -1.17. The number of ether oxygens (including phenoxy) is 3. The Morgan fingerprint density at radius 3 is 1.60 bits per heavy atom. The van der Waals surface area contributed by atoms with Crippen molar-refractivity contribution in [2.45, 2.75) is 117 Å². The predicted octanol–water partition coefficient (Wildman–Crippen LogP) is 1.06. The second-order valence-electron chi connectivity index (χ2n) is 12.8. The second-order valence-corrected chi connectivity index (χ2v) is 14.7. The summed E-state index contributed by atoms with van der Waals surface area (Å²) < 4.78 is 55.2. The van der Waals surface area contributed by atoms with Crippen LogP contribution in [0, 0.1) is 0 Å². The quantitative estimate of drug-likeness (QED) is 0.197. The molecule has 1 aromatic heterocycles. The van der Waals surface area contributed by atoms with Crippen LogP contribution in [0.15, 0.2) is 21.9 Å². The number of aromatic nitrogens is 2. The lowest BCUT2D eigenvalue weighted by atomic mass is 10.1. The molecule has 12 unspecified atom stereocenters. The zero-order chi connectivity index (χ0) is 44.2. The van der Waals surface area contributed by atoms with Crippen molar-refractivity contribution in [3.63, 3.8) is 0 Å². The average molecular weight is 943 g/mol. The summed E-state index contributed by atoms with van der Waals surface area (Å²) in [5, 5.41) is 37.4. The molecule has 58 heavy (non-hydrogen) atoms. The van der Waals surface area contributed by atoms with Crippen molar-refractivity contribution in [2.24, 2.45) is 0 Å². The first kappa shape index (κ1) is 51.7. The van der Waals surface area contributed by atoms with Gasteiger partial charge in [0.15, 0.2) is 0 Å². The van der Waals surface area contributed by atoms with Gasteiger partial charge in [-0.3, -0.25) is 44.4 Å². The summed E-state index contributed by atoms with van der Waals surface area (Å²) in [5.74, 6) is -1.39. The van der Waals surface area contributed by atoms with E-state index >= 15 is 0 Å². The van der Waals surface area contributed by atoms with Crippen LogP contribution >= 0.6 is 56.5 Å². The Kier molecular flexibility index (Phi) is 20.9. The number of hydrogen-bond donors (Lipinski definition) is 7. The molecule has 5 saturated heterocycles. The standard InChI is InChI=1S/C10H13Cl2FN2O4.C10H14ClFN2O4.C9H11FN2O4.C2H6O.Cl2/c1-4-10(11,12)8(17)14-9(18)15(4)7-2-5(13)6(3-16)19-7;1-4-8(11)9(16)13-10(17)14(4)7-2-5(12)6(3-15)18-7;10-5-3-8(16-6(5)4-13)12-2-1-7(14)11-9(12)15;1-2-3;1-2/h4-7,16H,2-3H2,1H3,(H,14,17,18);4-8,15H,2-3H2,1H3,(H,13,16,17);1-2,5-6,8,13H,3-4H2,(H,11,14,15);3H,2H2,1H3;. The lowest BCUT2D eigenvalue weighted by molar-refractivity contribution is -0.128. The van der Waals surface area contributed by atoms with Crippen LogP contribution in [0.1, 0.15) is 46.3 Å². The van der Waals surface area contributed by atoms with Crippen molar-refractivity contribution in [3.05, 3.63) is 33.1 Å². The fourth-order valence-electron chi connectivity index (χ4n) is 6.07. The van der Waals surface area contributed by atoms with Gasteiger partial charge < -0.3 is 34.6 Å². The van der Waals surface area contributed by atoms with Gasteiger partial charge in [-0.2, -0.15) is 0 Å². The maximum Gasteiger partial charge on any atom is 0.330 e. The lowest BCUT2D eigenvalue weighted by Crippen LogP contribution is -2.66. The van der Waals surface area contributed by atoms with Crippen LogP contribution in [-0.4, -0.2) is 161 Å². The number of aromatic amines is 1. The molecule has 7 N–H and O–H groups in total. The Morgan fingerprint density at radius 2 is 1.17 bits per heavy atom. The van der Waals surface area contributed by atoms with Gasteiger partial charge in [-0.1, -0.05) is 23.2 Å². The van der Waals surface area contributed by atoms with Gasteiger partial charge in [0.1, 0.15) is 60.9 Å². The molecular weight excluding hydrogens is 899 g/mol. The highest BCUT2D eigenvalue weighted by Crippen LogP contribution is 2.37. The fourth-order valence-corrected chi connectivity index (χ4v) is 6.55. The molecular formula is C31H44Cl5F3N6O13. The van der Waals surface area contributed by atoms with Gasteiger partial charge in [-0.25, -0.2) is 27.6 Å². The Labute approximate surface area is 353 Å². The number of alkyl halides is 6. The molecule has 0 bridgehead atoms.